The topological polar surface area (TPSA) is 9.23 Å². The van der Waals surface area contributed by atoms with Crippen LogP contribution in [0, 0.1) is 0 Å². The van der Waals surface area contributed by atoms with E-state index in [1.54, 1.807) is 14.3 Å². The predicted molar refractivity (Wildman–Crippen MR) is 28.2 cm³/mol. The summed E-state index contributed by atoms with van der Waals surface area (Å²) in [5.74, 6) is 0. The lowest BCUT2D eigenvalue weighted by atomic mass is 9.54. The zero-order chi connectivity index (χ0) is 4.83. The Labute approximate surface area is 40.7 Å². The highest BCUT2D eigenvalue weighted by Gasteiger charge is 1.76. The molecule has 3 heteroatoms. The van der Waals surface area contributed by atoms with Crippen LogP contribution in [0.5, 0.6) is 0 Å². The monoisotopic (exact) mass is 81.1 g/mol. The van der Waals surface area contributed by atoms with Crippen molar-refractivity contribution in [2.75, 3.05) is 13.7 Å². The lowest BCUT2D eigenvalue weighted by Gasteiger charge is -1.88. The molecule has 0 aliphatic rings. The first kappa shape index (κ1) is 6.09. The van der Waals surface area contributed by atoms with Crippen LogP contribution in [-0.2, 0) is 4.74 Å². The molecule has 0 aromatic rings. The molecule has 0 saturated carbocycles. The van der Waals surface area contributed by atoms with E-state index >= 15 is 0 Å². The van der Waals surface area contributed by atoms with E-state index in [0.29, 0.717) is 0 Å². The second kappa shape index (κ2) is 5.09. The van der Waals surface area contributed by atoms with Crippen LogP contribution in [0.4, 0.5) is 0 Å². The number of methoxy groups -OCH3 is 1. The summed E-state index contributed by atoms with van der Waals surface area (Å²) in [6.07, 6.45) is 0.844. The maximum Gasteiger partial charge on any atom is 0.0574 e. The number of ether oxygens (including phenoxy) is 1. The summed E-state index contributed by atoms with van der Waals surface area (Å²) in [5, 5.41) is 0. The van der Waals surface area contributed by atoms with Crippen molar-refractivity contribution in [3.63, 3.8) is 0 Å². The predicted octanol–water partition coefficient (Wildman–Crippen LogP) is -0.161. The highest BCUT2D eigenvalue weighted by molar-refractivity contribution is 6.89. The molecule has 0 fully saturated rings. The largest absolute Gasteiger partial charge is 0.385 e. The van der Waals surface area contributed by atoms with Gasteiger partial charge in [-0.05, 0) is 0 Å². The average molecular weight is 80.7 g/mol. The first-order chi connectivity index (χ1) is 2.91. The molecule has 0 heterocycles. The van der Waals surface area contributed by atoms with E-state index < -0.39 is 0 Å². The summed E-state index contributed by atoms with van der Waals surface area (Å²) >= 11 is 0. The third-order valence-electron chi connectivity index (χ3n) is 0.489. The van der Waals surface area contributed by atoms with E-state index in [-0.39, 0.29) is 0 Å². The van der Waals surface area contributed by atoms with Gasteiger partial charge in [0, 0.05) is 21.5 Å². The van der Waals surface area contributed by atoms with Crippen LogP contribution in [0.3, 0.4) is 0 Å². The van der Waals surface area contributed by atoms with Crippen molar-refractivity contribution in [2.45, 2.75) is 6.32 Å². The van der Waals surface area contributed by atoms with Crippen LogP contribution in [0.2, 0.25) is 6.32 Å². The smallest absolute Gasteiger partial charge is 0.0574 e. The van der Waals surface area contributed by atoms with Crippen LogP contribution in [0.25, 0.3) is 0 Å². The van der Waals surface area contributed by atoms with Crippen molar-refractivity contribution >= 4 is 14.9 Å². The molecule has 0 aliphatic heterocycles. The highest BCUT2D eigenvalue weighted by Crippen LogP contribution is 1.72. The van der Waals surface area contributed by atoms with Crippen molar-refractivity contribution in [3.05, 3.63) is 0 Å². The molecule has 0 N–H and O–H groups in total. The fourth-order valence-electron chi connectivity index (χ4n) is 0.186. The van der Waals surface area contributed by atoms with Gasteiger partial charge in [0.2, 0.25) is 0 Å². The van der Waals surface area contributed by atoms with Crippen LogP contribution in [-0.4, -0.2) is 28.6 Å². The zero-order valence-corrected chi connectivity index (χ0v) is 3.98. The Morgan fingerprint density at radius 1 is 1.83 bits per heavy atom. The second-order valence-electron chi connectivity index (χ2n) is 1.02. The SMILES string of the molecule is [B][B]CCOC. The first-order valence-electron chi connectivity index (χ1n) is 1.94. The molecule has 0 amide bonds. The van der Waals surface area contributed by atoms with Gasteiger partial charge in [-0.15, -0.1) is 0 Å². The van der Waals surface area contributed by atoms with Gasteiger partial charge in [0.25, 0.3) is 0 Å². The van der Waals surface area contributed by atoms with Crippen molar-refractivity contribution in [1.82, 2.24) is 0 Å². The molecule has 1 nitrogen and oxygen atoms in total. The molecule has 0 aliphatic carbocycles. The lowest BCUT2D eigenvalue weighted by Crippen LogP contribution is -1.93. The molecule has 0 spiro atoms. The molecule has 31 valence electrons. The van der Waals surface area contributed by atoms with E-state index in [4.69, 9.17) is 7.74 Å². The van der Waals surface area contributed by atoms with Gasteiger partial charge in [0.05, 0.1) is 7.17 Å². The Bertz CT molecular complexity index is 20.8. The van der Waals surface area contributed by atoms with Gasteiger partial charge < -0.3 is 4.74 Å². The van der Waals surface area contributed by atoms with Crippen LogP contribution in [0.15, 0.2) is 0 Å². The van der Waals surface area contributed by atoms with Crippen LogP contribution in [0.1, 0.15) is 0 Å². The molecular formula is C3H7B2O. The molecule has 0 aromatic heterocycles. The summed E-state index contributed by atoms with van der Waals surface area (Å²) in [7, 11) is 8.25. The van der Waals surface area contributed by atoms with Crippen LogP contribution >= 0.6 is 0 Å². The van der Waals surface area contributed by atoms with Crippen molar-refractivity contribution in [1.29, 1.82) is 0 Å². The first-order valence-corrected chi connectivity index (χ1v) is 1.94. The Kier molecular flexibility index (Phi) is 5.17. The molecule has 6 heavy (non-hydrogen) atoms. The fraction of sp³-hybridized carbons (Fsp3) is 1.00. The third-order valence-corrected chi connectivity index (χ3v) is 0.489. The third kappa shape index (κ3) is 4.09. The van der Waals surface area contributed by atoms with Gasteiger partial charge in [0.15, 0.2) is 0 Å². The molecule has 0 saturated heterocycles. The highest BCUT2D eigenvalue weighted by atomic mass is 16.5. The Hall–Kier alpha value is 0.0899. The molecule has 0 unspecified atom stereocenters. The molecule has 0 rings (SSSR count). The van der Waals surface area contributed by atoms with Crippen LogP contribution < -0.4 is 0 Å². The average Bonchev–Trinajstić information content (AvgIpc) is 1.61. The molecule has 0 atom stereocenters. The fourth-order valence-corrected chi connectivity index (χ4v) is 0.186. The summed E-state index contributed by atoms with van der Waals surface area (Å²) in [4.78, 5) is 0. The van der Waals surface area contributed by atoms with Gasteiger partial charge in [0.1, 0.15) is 0 Å². The van der Waals surface area contributed by atoms with Gasteiger partial charge in [-0.25, -0.2) is 0 Å². The summed E-state index contributed by atoms with van der Waals surface area (Å²) in [6.45, 7) is 0.733. The Balaban J connectivity index is 2.34. The maximum atomic E-state index is 5.01. The van der Waals surface area contributed by atoms with E-state index in [1.165, 1.54) is 0 Å². The Morgan fingerprint density at radius 3 is 2.67 bits per heavy atom. The van der Waals surface area contributed by atoms with Crippen molar-refractivity contribution < 1.29 is 4.74 Å². The molecule has 0 aromatic carbocycles. The summed E-state index contributed by atoms with van der Waals surface area (Å²) in [6, 6.07) is 0. The number of hydrogen-bond donors (Lipinski definition) is 0. The van der Waals surface area contributed by atoms with Crippen molar-refractivity contribution in [2.24, 2.45) is 0 Å². The lowest BCUT2D eigenvalue weighted by molar-refractivity contribution is 0.216. The summed E-state index contributed by atoms with van der Waals surface area (Å²) < 4.78 is 4.67. The van der Waals surface area contributed by atoms with Gasteiger partial charge in [-0.3, -0.25) is 0 Å². The van der Waals surface area contributed by atoms with Gasteiger partial charge in [-0.2, -0.15) is 0 Å². The maximum absolute atomic E-state index is 5.01. The second-order valence-corrected chi connectivity index (χ2v) is 1.02. The quantitative estimate of drug-likeness (QED) is 0.338. The number of rotatable bonds is 3. The molecule has 0 bridgehead atoms. The summed E-state index contributed by atoms with van der Waals surface area (Å²) in [5.41, 5.74) is 0. The minimum absolute atomic E-state index is 0.733. The van der Waals surface area contributed by atoms with E-state index in [2.05, 4.69) is 4.74 Å². The zero-order valence-electron chi connectivity index (χ0n) is 3.98. The van der Waals surface area contributed by atoms with Crippen molar-refractivity contribution in [3.8, 4) is 0 Å². The minimum atomic E-state index is 0.733. The van der Waals surface area contributed by atoms with E-state index in [0.717, 1.165) is 12.9 Å². The molecule has 3 radical (unpaired) electrons. The molecular weight excluding hydrogens is 73.7 g/mol. The standard InChI is InChI=1S/C3H7B2O/c1-6-3-2-5-4/h2-3H2,1H3. The Morgan fingerprint density at radius 2 is 2.50 bits per heavy atom. The normalized spacial score (nSPS) is 8.17. The minimum Gasteiger partial charge on any atom is -0.385 e. The van der Waals surface area contributed by atoms with Gasteiger partial charge in [-0.1, -0.05) is 6.32 Å². The van der Waals surface area contributed by atoms with E-state index in [9.17, 15) is 0 Å². The van der Waals surface area contributed by atoms with Gasteiger partial charge >= 0.3 is 0 Å². The van der Waals surface area contributed by atoms with E-state index in [1.807, 2.05) is 0 Å². The number of hydrogen-bond acceptors (Lipinski definition) is 1.